The predicted molar refractivity (Wildman–Crippen MR) is 131 cm³/mol. The standard InChI is InChI=1S/C25H23N7O3/c1-2-32-15-16(14-26-32)21-13-18(17-5-3-4-6-19(17)27-21)25(33)28-20-7-8-22(24-23(20)29-35-30-24)31-9-11-34-12-10-31/h3-8,13-15H,2,9-12H2,1H3,(H,28,33). The molecule has 1 amide bonds. The second-order valence-electron chi connectivity index (χ2n) is 8.30. The average molecular weight is 470 g/mol. The number of carbonyl (C=O) groups is 1. The molecule has 4 heterocycles. The Balaban J connectivity index is 1.38. The number of rotatable bonds is 5. The van der Waals surface area contributed by atoms with Crippen molar-refractivity contribution in [2.75, 3.05) is 36.5 Å². The summed E-state index contributed by atoms with van der Waals surface area (Å²) < 4.78 is 12.3. The molecule has 1 saturated heterocycles. The molecule has 0 atom stereocenters. The van der Waals surface area contributed by atoms with Crippen LogP contribution in [0.4, 0.5) is 11.4 Å². The first kappa shape index (κ1) is 21.2. The monoisotopic (exact) mass is 469 g/mol. The van der Waals surface area contributed by atoms with Crippen LogP contribution < -0.4 is 10.2 Å². The van der Waals surface area contributed by atoms with Crippen molar-refractivity contribution in [1.29, 1.82) is 0 Å². The molecule has 0 aliphatic carbocycles. The molecule has 0 bridgehead atoms. The molecule has 2 aromatic carbocycles. The Morgan fingerprint density at radius 2 is 1.91 bits per heavy atom. The van der Waals surface area contributed by atoms with Crippen LogP contribution in [0.15, 0.2) is 59.5 Å². The summed E-state index contributed by atoms with van der Waals surface area (Å²) in [4.78, 5) is 20.5. The number of amides is 1. The van der Waals surface area contributed by atoms with Gasteiger partial charge in [-0.15, -0.1) is 0 Å². The van der Waals surface area contributed by atoms with Gasteiger partial charge in [-0.3, -0.25) is 9.48 Å². The average Bonchev–Trinajstić information content (AvgIpc) is 3.59. The number of hydrogen-bond acceptors (Lipinski definition) is 8. The van der Waals surface area contributed by atoms with Gasteiger partial charge in [0.2, 0.25) is 0 Å². The van der Waals surface area contributed by atoms with E-state index in [-0.39, 0.29) is 5.91 Å². The van der Waals surface area contributed by atoms with Crippen molar-refractivity contribution in [2.45, 2.75) is 13.5 Å². The Kier molecular flexibility index (Phi) is 5.34. The number of nitrogens with zero attached hydrogens (tertiary/aromatic N) is 6. The fourth-order valence-electron chi connectivity index (χ4n) is 4.38. The summed E-state index contributed by atoms with van der Waals surface area (Å²) >= 11 is 0. The summed E-state index contributed by atoms with van der Waals surface area (Å²) in [6, 6.07) is 13.2. The predicted octanol–water partition coefficient (Wildman–Crippen LogP) is 3.74. The van der Waals surface area contributed by atoms with E-state index in [2.05, 4.69) is 25.6 Å². The summed E-state index contributed by atoms with van der Waals surface area (Å²) in [6.45, 7) is 5.60. The Morgan fingerprint density at radius 3 is 2.74 bits per heavy atom. The van der Waals surface area contributed by atoms with E-state index in [0.29, 0.717) is 41.2 Å². The fourth-order valence-corrected chi connectivity index (χ4v) is 4.38. The van der Waals surface area contributed by atoms with E-state index in [9.17, 15) is 4.79 Å². The Bertz CT molecular complexity index is 1530. The maximum Gasteiger partial charge on any atom is 0.256 e. The van der Waals surface area contributed by atoms with Crippen molar-refractivity contribution in [2.24, 2.45) is 0 Å². The van der Waals surface area contributed by atoms with E-state index in [0.717, 1.165) is 41.8 Å². The van der Waals surface area contributed by atoms with Gasteiger partial charge in [0.15, 0.2) is 11.0 Å². The van der Waals surface area contributed by atoms with Gasteiger partial charge in [-0.05, 0) is 41.5 Å². The van der Waals surface area contributed by atoms with Crippen molar-refractivity contribution in [3.8, 4) is 11.3 Å². The Morgan fingerprint density at radius 1 is 1.09 bits per heavy atom. The number of benzene rings is 2. The zero-order chi connectivity index (χ0) is 23.8. The highest BCUT2D eigenvalue weighted by molar-refractivity contribution is 6.15. The van der Waals surface area contributed by atoms with Crippen molar-refractivity contribution in [1.82, 2.24) is 25.1 Å². The molecule has 1 aliphatic heterocycles. The zero-order valence-electron chi connectivity index (χ0n) is 19.1. The number of fused-ring (bicyclic) bond motifs is 2. The first-order valence-corrected chi connectivity index (χ1v) is 11.5. The maximum atomic E-state index is 13.6. The molecule has 0 saturated carbocycles. The second-order valence-corrected chi connectivity index (χ2v) is 8.30. The number of aryl methyl sites for hydroxylation is 1. The highest BCUT2D eigenvalue weighted by atomic mass is 16.6. The largest absolute Gasteiger partial charge is 0.378 e. The van der Waals surface area contributed by atoms with Crippen LogP contribution in [0.25, 0.3) is 33.2 Å². The summed E-state index contributed by atoms with van der Waals surface area (Å²) in [5.41, 5.74) is 5.33. The smallest absolute Gasteiger partial charge is 0.256 e. The van der Waals surface area contributed by atoms with Gasteiger partial charge in [0.1, 0.15) is 0 Å². The topological polar surface area (TPSA) is 111 Å². The molecule has 0 unspecified atom stereocenters. The minimum Gasteiger partial charge on any atom is -0.378 e. The normalized spacial score (nSPS) is 14.0. The van der Waals surface area contributed by atoms with Crippen LogP contribution in [-0.4, -0.2) is 57.3 Å². The van der Waals surface area contributed by atoms with Crippen molar-refractivity contribution in [3.05, 3.63) is 60.4 Å². The summed E-state index contributed by atoms with van der Waals surface area (Å²) in [7, 11) is 0. The maximum absolute atomic E-state index is 13.6. The van der Waals surface area contributed by atoms with Gasteiger partial charge < -0.3 is 15.0 Å². The third-order valence-electron chi connectivity index (χ3n) is 6.21. The molecular formula is C25H23N7O3. The van der Waals surface area contributed by atoms with E-state index in [1.54, 1.807) is 12.3 Å². The van der Waals surface area contributed by atoms with Gasteiger partial charge in [0, 0.05) is 36.8 Å². The molecule has 1 fully saturated rings. The van der Waals surface area contributed by atoms with Crippen LogP contribution in [-0.2, 0) is 11.3 Å². The lowest BCUT2D eigenvalue weighted by Gasteiger charge is -2.28. The minimum atomic E-state index is -0.267. The van der Waals surface area contributed by atoms with Gasteiger partial charge in [-0.1, -0.05) is 18.2 Å². The molecule has 176 valence electrons. The van der Waals surface area contributed by atoms with Gasteiger partial charge in [-0.25, -0.2) is 9.61 Å². The number of anilines is 2. The number of para-hydroxylation sites is 1. The van der Waals surface area contributed by atoms with Gasteiger partial charge in [0.25, 0.3) is 5.91 Å². The van der Waals surface area contributed by atoms with Gasteiger partial charge >= 0.3 is 0 Å². The third kappa shape index (κ3) is 3.87. The highest BCUT2D eigenvalue weighted by Gasteiger charge is 2.21. The fraction of sp³-hybridized carbons (Fsp3) is 0.240. The van der Waals surface area contributed by atoms with Gasteiger partial charge in [0.05, 0.1) is 47.6 Å². The Hall–Kier alpha value is -4.31. The van der Waals surface area contributed by atoms with Crippen molar-refractivity contribution < 1.29 is 14.2 Å². The molecule has 1 aliphatic rings. The third-order valence-corrected chi connectivity index (χ3v) is 6.21. The van der Waals surface area contributed by atoms with Crippen LogP contribution in [0, 0.1) is 0 Å². The lowest BCUT2D eigenvalue weighted by molar-refractivity contribution is 0.102. The van der Waals surface area contributed by atoms with Crippen LogP contribution in [0.2, 0.25) is 0 Å². The first-order valence-electron chi connectivity index (χ1n) is 11.5. The quantitative estimate of drug-likeness (QED) is 0.414. The van der Waals surface area contributed by atoms with E-state index >= 15 is 0 Å². The number of carbonyl (C=O) groups excluding carboxylic acids is 1. The Labute approximate surface area is 200 Å². The summed E-state index contributed by atoms with van der Waals surface area (Å²) in [5.74, 6) is -0.267. The molecule has 10 nitrogen and oxygen atoms in total. The number of aromatic nitrogens is 5. The van der Waals surface area contributed by atoms with Crippen LogP contribution in [0.5, 0.6) is 0 Å². The van der Waals surface area contributed by atoms with E-state index in [1.165, 1.54) is 0 Å². The van der Waals surface area contributed by atoms with E-state index < -0.39 is 0 Å². The molecule has 6 rings (SSSR count). The van der Waals surface area contributed by atoms with E-state index in [4.69, 9.17) is 14.3 Å². The van der Waals surface area contributed by atoms with Crippen molar-refractivity contribution in [3.63, 3.8) is 0 Å². The molecular weight excluding hydrogens is 446 g/mol. The lowest BCUT2D eigenvalue weighted by atomic mass is 10.0. The first-order chi connectivity index (χ1) is 17.2. The molecule has 0 radical (unpaired) electrons. The molecule has 3 aromatic heterocycles. The molecule has 0 spiro atoms. The molecule has 10 heteroatoms. The number of pyridine rings is 1. The summed E-state index contributed by atoms with van der Waals surface area (Å²) in [6.07, 6.45) is 3.69. The minimum absolute atomic E-state index is 0.267. The van der Waals surface area contributed by atoms with Crippen LogP contribution in [0.3, 0.4) is 0 Å². The lowest BCUT2D eigenvalue weighted by Crippen LogP contribution is -2.36. The number of morpholine rings is 1. The SMILES string of the molecule is CCn1cc(-c2cc(C(=O)Nc3ccc(N4CCOCC4)c4nonc34)c3ccccc3n2)cn1. The summed E-state index contributed by atoms with van der Waals surface area (Å²) in [5, 5.41) is 16.3. The number of nitrogens with one attached hydrogen (secondary N) is 1. The zero-order valence-corrected chi connectivity index (χ0v) is 19.1. The van der Waals surface area contributed by atoms with Crippen molar-refractivity contribution >= 4 is 39.2 Å². The molecule has 5 aromatic rings. The van der Waals surface area contributed by atoms with Crippen LogP contribution >= 0.6 is 0 Å². The van der Waals surface area contributed by atoms with Crippen LogP contribution in [0.1, 0.15) is 17.3 Å². The molecule has 35 heavy (non-hydrogen) atoms. The van der Waals surface area contributed by atoms with E-state index in [1.807, 2.05) is 54.2 Å². The number of hydrogen-bond donors (Lipinski definition) is 1. The number of ether oxygens (including phenoxy) is 1. The second kappa shape index (κ2) is 8.80. The highest BCUT2D eigenvalue weighted by Crippen LogP contribution is 2.32. The van der Waals surface area contributed by atoms with Gasteiger partial charge in [-0.2, -0.15) is 5.10 Å². The molecule has 1 N–H and O–H groups in total.